The van der Waals surface area contributed by atoms with Crippen molar-refractivity contribution in [2.75, 3.05) is 11.4 Å². The van der Waals surface area contributed by atoms with Crippen molar-refractivity contribution in [2.45, 2.75) is 13.0 Å². The van der Waals surface area contributed by atoms with Gasteiger partial charge in [-0.05, 0) is 41.8 Å². The molecule has 2 aromatic carbocycles. The minimum atomic E-state index is 0.610. The second-order valence-corrected chi connectivity index (χ2v) is 6.23. The highest BCUT2D eigenvalue weighted by molar-refractivity contribution is 6.31. The molecule has 0 saturated carbocycles. The van der Waals surface area contributed by atoms with E-state index in [4.69, 9.17) is 16.6 Å². The maximum absolute atomic E-state index is 11.5. The quantitative estimate of drug-likeness (QED) is 0.661. The third kappa shape index (κ3) is 2.57. The van der Waals surface area contributed by atoms with Crippen molar-refractivity contribution in [2.24, 2.45) is 0 Å². The first kappa shape index (κ1) is 14.2. The van der Waals surface area contributed by atoms with Gasteiger partial charge in [0.1, 0.15) is 5.82 Å². The van der Waals surface area contributed by atoms with Crippen LogP contribution in [-0.4, -0.2) is 17.8 Å². The van der Waals surface area contributed by atoms with Gasteiger partial charge in [0.15, 0.2) is 6.29 Å². The van der Waals surface area contributed by atoms with Gasteiger partial charge in [0.25, 0.3) is 0 Å². The van der Waals surface area contributed by atoms with E-state index in [-0.39, 0.29) is 0 Å². The second-order valence-electron chi connectivity index (χ2n) is 5.80. The Labute approximate surface area is 139 Å². The van der Waals surface area contributed by atoms with Gasteiger partial charge in [0.2, 0.25) is 0 Å². The molecule has 0 amide bonds. The summed E-state index contributed by atoms with van der Waals surface area (Å²) >= 11 is 6.03. The van der Waals surface area contributed by atoms with Crippen LogP contribution in [0.3, 0.4) is 0 Å². The Morgan fingerprint density at radius 1 is 1.09 bits per heavy atom. The van der Waals surface area contributed by atoms with Crippen LogP contribution in [0.2, 0.25) is 5.02 Å². The van der Waals surface area contributed by atoms with Crippen molar-refractivity contribution in [3.05, 3.63) is 70.2 Å². The highest BCUT2D eigenvalue weighted by Gasteiger charge is 2.20. The lowest BCUT2D eigenvalue weighted by Crippen LogP contribution is -2.31. The maximum atomic E-state index is 11.5. The molecular weight excluding hydrogens is 308 g/mol. The molecule has 114 valence electrons. The van der Waals surface area contributed by atoms with Crippen LogP contribution in [0.5, 0.6) is 0 Å². The minimum absolute atomic E-state index is 0.610. The number of carbonyl (C=O) groups excluding carboxylic acids is 1. The summed E-state index contributed by atoms with van der Waals surface area (Å²) in [6, 6.07) is 15.9. The number of nitrogens with zero attached hydrogens (tertiary/aromatic N) is 2. The fourth-order valence-corrected chi connectivity index (χ4v) is 3.35. The van der Waals surface area contributed by atoms with Crippen LogP contribution in [0.15, 0.2) is 48.5 Å². The third-order valence-electron chi connectivity index (χ3n) is 4.34. The van der Waals surface area contributed by atoms with Gasteiger partial charge in [0.05, 0.1) is 11.1 Å². The van der Waals surface area contributed by atoms with Gasteiger partial charge >= 0.3 is 0 Å². The van der Waals surface area contributed by atoms with Crippen molar-refractivity contribution in [1.82, 2.24) is 4.98 Å². The normalized spacial score (nSPS) is 13.9. The van der Waals surface area contributed by atoms with Crippen LogP contribution in [0.4, 0.5) is 5.82 Å². The predicted octanol–water partition coefficient (Wildman–Crippen LogP) is 4.26. The van der Waals surface area contributed by atoms with E-state index >= 15 is 0 Å². The Bertz CT molecular complexity index is 907. The monoisotopic (exact) mass is 322 g/mol. The average Bonchev–Trinajstić information content (AvgIpc) is 2.60. The molecule has 3 nitrogen and oxygen atoms in total. The molecule has 0 unspecified atom stereocenters. The van der Waals surface area contributed by atoms with E-state index in [1.807, 2.05) is 24.3 Å². The van der Waals surface area contributed by atoms with E-state index in [2.05, 4.69) is 29.2 Å². The summed E-state index contributed by atoms with van der Waals surface area (Å²) in [5.41, 5.74) is 4.14. The standard InChI is InChI=1S/C19H15ClN2O/c20-17-5-6-18-15(10-17)9-16(12-23)19(21-18)22-8-7-13-3-1-2-4-14(13)11-22/h1-6,9-10,12H,7-8,11H2. The second kappa shape index (κ2) is 5.67. The van der Waals surface area contributed by atoms with E-state index in [0.29, 0.717) is 10.6 Å². The van der Waals surface area contributed by atoms with Gasteiger partial charge < -0.3 is 4.90 Å². The van der Waals surface area contributed by atoms with Crippen LogP contribution >= 0.6 is 11.6 Å². The van der Waals surface area contributed by atoms with Crippen LogP contribution in [0.1, 0.15) is 21.5 Å². The zero-order valence-electron chi connectivity index (χ0n) is 12.5. The number of aromatic nitrogens is 1. The molecule has 1 aliphatic heterocycles. The van der Waals surface area contributed by atoms with Gasteiger partial charge in [-0.15, -0.1) is 0 Å². The van der Waals surface area contributed by atoms with Crippen LogP contribution in [0, 0.1) is 0 Å². The molecule has 3 aromatic rings. The van der Waals surface area contributed by atoms with E-state index in [0.717, 1.165) is 42.5 Å². The summed E-state index contributed by atoms with van der Waals surface area (Å²) in [6.45, 7) is 1.65. The van der Waals surface area contributed by atoms with E-state index < -0.39 is 0 Å². The van der Waals surface area contributed by atoms with Gasteiger partial charge in [-0.1, -0.05) is 35.9 Å². The molecule has 2 heterocycles. The number of aldehydes is 1. The number of halogens is 1. The maximum Gasteiger partial charge on any atom is 0.153 e. The SMILES string of the molecule is O=Cc1cc2cc(Cl)ccc2nc1N1CCc2ccccc2C1. The zero-order valence-corrected chi connectivity index (χ0v) is 13.3. The highest BCUT2D eigenvalue weighted by Crippen LogP contribution is 2.28. The van der Waals surface area contributed by atoms with Crippen LogP contribution in [-0.2, 0) is 13.0 Å². The van der Waals surface area contributed by atoms with Gasteiger partial charge in [-0.2, -0.15) is 0 Å². The number of pyridine rings is 1. The Morgan fingerprint density at radius 2 is 1.91 bits per heavy atom. The number of benzene rings is 2. The largest absolute Gasteiger partial charge is 0.351 e. The molecular formula is C19H15ClN2O. The van der Waals surface area contributed by atoms with Crippen molar-refractivity contribution in [3.8, 4) is 0 Å². The first-order valence-electron chi connectivity index (χ1n) is 7.62. The van der Waals surface area contributed by atoms with Gasteiger partial charge in [-0.3, -0.25) is 4.79 Å². The van der Waals surface area contributed by atoms with Crippen LogP contribution in [0.25, 0.3) is 10.9 Å². The third-order valence-corrected chi connectivity index (χ3v) is 4.58. The lowest BCUT2D eigenvalue weighted by atomic mass is 9.99. The number of anilines is 1. The number of hydrogen-bond donors (Lipinski definition) is 0. The molecule has 0 saturated heterocycles. The number of hydrogen-bond acceptors (Lipinski definition) is 3. The van der Waals surface area contributed by atoms with Crippen molar-refractivity contribution < 1.29 is 4.79 Å². The Balaban J connectivity index is 1.79. The molecule has 0 fully saturated rings. The van der Waals surface area contributed by atoms with E-state index in [1.54, 1.807) is 0 Å². The molecule has 23 heavy (non-hydrogen) atoms. The lowest BCUT2D eigenvalue weighted by Gasteiger charge is -2.30. The first-order valence-corrected chi connectivity index (χ1v) is 7.99. The summed E-state index contributed by atoms with van der Waals surface area (Å²) in [6.07, 6.45) is 1.85. The smallest absolute Gasteiger partial charge is 0.153 e. The summed E-state index contributed by atoms with van der Waals surface area (Å²) in [7, 11) is 0. The number of rotatable bonds is 2. The molecule has 1 aliphatic rings. The predicted molar refractivity (Wildman–Crippen MR) is 93.3 cm³/mol. The Kier molecular flexibility index (Phi) is 3.50. The topological polar surface area (TPSA) is 33.2 Å². The zero-order chi connectivity index (χ0) is 15.8. The van der Waals surface area contributed by atoms with Crippen LogP contribution < -0.4 is 4.90 Å². The summed E-state index contributed by atoms with van der Waals surface area (Å²) in [4.78, 5) is 18.4. The first-order chi connectivity index (χ1) is 11.2. The van der Waals surface area contributed by atoms with Crippen molar-refractivity contribution >= 4 is 34.6 Å². The Hall–Kier alpha value is -2.39. The van der Waals surface area contributed by atoms with E-state index in [1.165, 1.54) is 11.1 Å². The van der Waals surface area contributed by atoms with Crippen molar-refractivity contribution in [1.29, 1.82) is 0 Å². The summed E-state index contributed by atoms with van der Waals surface area (Å²) in [5.74, 6) is 0.754. The number of carbonyl (C=O) groups is 1. The molecule has 1 aromatic heterocycles. The fraction of sp³-hybridized carbons (Fsp3) is 0.158. The molecule has 0 aliphatic carbocycles. The fourth-order valence-electron chi connectivity index (χ4n) is 3.17. The Morgan fingerprint density at radius 3 is 2.74 bits per heavy atom. The molecule has 0 bridgehead atoms. The van der Waals surface area contributed by atoms with Gasteiger partial charge in [-0.25, -0.2) is 4.98 Å². The molecule has 4 rings (SSSR count). The average molecular weight is 323 g/mol. The summed E-state index contributed by atoms with van der Waals surface area (Å²) < 4.78 is 0. The molecule has 0 radical (unpaired) electrons. The molecule has 4 heteroatoms. The summed E-state index contributed by atoms with van der Waals surface area (Å²) in [5, 5.41) is 1.54. The number of fused-ring (bicyclic) bond motifs is 2. The molecule has 0 spiro atoms. The van der Waals surface area contributed by atoms with Crippen molar-refractivity contribution in [3.63, 3.8) is 0 Å². The van der Waals surface area contributed by atoms with E-state index in [9.17, 15) is 4.79 Å². The van der Waals surface area contributed by atoms with Gasteiger partial charge in [0, 0.05) is 23.5 Å². The minimum Gasteiger partial charge on any atom is -0.351 e. The lowest BCUT2D eigenvalue weighted by molar-refractivity contribution is 0.112. The highest BCUT2D eigenvalue weighted by atomic mass is 35.5. The molecule has 0 atom stereocenters. The molecule has 0 N–H and O–H groups in total.